The second-order valence-corrected chi connectivity index (χ2v) is 5.93. The van der Waals surface area contributed by atoms with Crippen molar-refractivity contribution in [3.8, 4) is 0 Å². The van der Waals surface area contributed by atoms with E-state index in [0.717, 1.165) is 25.4 Å². The summed E-state index contributed by atoms with van der Waals surface area (Å²) in [5, 5.41) is 9.80. The molecule has 0 radical (unpaired) electrons. The molecule has 0 aromatic rings. The largest absolute Gasteiger partial charge is 0.389 e. The lowest BCUT2D eigenvalue weighted by molar-refractivity contribution is 0.0559. The Morgan fingerprint density at radius 2 is 1.88 bits per heavy atom. The highest BCUT2D eigenvalue weighted by atomic mass is 16.3. The van der Waals surface area contributed by atoms with Crippen molar-refractivity contribution in [1.82, 2.24) is 4.90 Å². The molecule has 0 heterocycles. The molecule has 0 aromatic heterocycles. The van der Waals surface area contributed by atoms with E-state index in [1.807, 2.05) is 6.92 Å². The van der Waals surface area contributed by atoms with Crippen molar-refractivity contribution in [2.24, 2.45) is 5.73 Å². The van der Waals surface area contributed by atoms with Crippen LogP contribution in [0.1, 0.15) is 58.3 Å². The van der Waals surface area contributed by atoms with Crippen LogP contribution in [0.3, 0.4) is 0 Å². The van der Waals surface area contributed by atoms with E-state index in [1.165, 1.54) is 38.5 Å². The third-order valence-corrected chi connectivity index (χ3v) is 4.11. The van der Waals surface area contributed by atoms with Crippen molar-refractivity contribution in [3.63, 3.8) is 0 Å². The van der Waals surface area contributed by atoms with E-state index in [0.29, 0.717) is 6.54 Å². The molecule has 17 heavy (non-hydrogen) atoms. The van der Waals surface area contributed by atoms with Crippen molar-refractivity contribution in [2.75, 3.05) is 20.1 Å². The number of rotatable bonds is 7. The van der Waals surface area contributed by atoms with Crippen LogP contribution in [-0.4, -0.2) is 41.8 Å². The maximum Gasteiger partial charge on any atom is 0.0741 e. The molecular weight excluding hydrogens is 212 g/mol. The van der Waals surface area contributed by atoms with Crippen LogP contribution in [0, 0.1) is 0 Å². The number of nitrogens with zero attached hydrogens (tertiary/aromatic N) is 1. The first-order valence-corrected chi connectivity index (χ1v) is 7.18. The van der Waals surface area contributed by atoms with Gasteiger partial charge in [-0.15, -0.1) is 0 Å². The van der Waals surface area contributed by atoms with Gasteiger partial charge in [0.2, 0.25) is 0 Å². The fraction of sp³-hybridized carbons (Fsp3) is 1.00. The van der Waals surface area contributed by atoms with Gasteiger partial charge in [0.25, 0.3) is 0 Å². The van der Waals surface area contributed by atoms with Crippen LogP contribution in [-0.2, 0) is 0 Å². The molecule has 1 atom stereocenters. The summed E-state index contributed by atoms with van der Waals surface area (Å²) in [6.07, 6.45) is 10.0. The summed E-state index contributed by atoms with van der Waals surface area (Å²) in [6, 6.07) is 0.804. The van der Waals surface area contributed by atoms with Gasteiger partial charge in [0, 0.05) is 12.6 Å². The fourth-order valence-corrected chi connectivity index (χ4v) is 2.67. The van der Waals surface area contributed by atoms with Crippen LogP contribution in [0.4, 0.5) is 0 Å². The highest BCUT2D eigenvalue weighted by Crippen LogP contribution is 2.22. The Morgan fingerprint density at radius 3 is 2.47 bits per heavy atom. The molecule has 3 heteroatoms. The van der Waals surface area contributed by atoms with Crippen LogP contribution < -0.4 is 5.73 Å². The lowest BCUT2D eigenvalue weighted by atomic mass is 9.94. The number of nitrogens with two attached hydrogens (primary N) is 1. The maximum atomic E-state index is 9.80. The summed E-state index contributed by atoms with van der Waals surface area (Å²) in [6.45, 7) is 3.36. The molecule has 0 aromatic carbocycles. The first kappa shape index (κ1) is 14.9. The molecule has 1 aliphatic carbocycles. The first-order chi connectivity index (χ1) is 8.05. The van der Waals surface area contributed by atoms with Gasteiger partial charge >= 0.3 is 0 Å². The maximum absolute atomic E-state index is 9.80. The molecule has 1 saturated carbocycles. The minimum atomic E-state index is -0.663. The van der Waals surface area contributed by atoms with E-state index in [-0.39, 0.29) is 0 Å². The van der Waals surface area contributed by atoms with E-state index < -0.39 is 5.60 Å². The first-order valence-electron chi connectivity index (χ1n) is 7.18. The quantitative estimate of drug-likeness (QED) is 0.672. The Bertz CT molecular complexity index is 200. The predicted octanol–water partition coefficient (Wildman–Crippen LogP) is 2.13. The van der Waals surface area contributed by atoms with Gasteiger partial charge in [-0.2, -0.15) is 0 Å². The Balaban J connectivity index is 2.09. The molecule has 1 rings (SSSR count). The second kappa shape index (κ2) is 7.34. The van der Waals surface area contributed by atoms with Gasteiger partial charge in [0.15, 0.2) is 0 Å². The predicted molar refractivity (Wildman–Crippen MR) is 73.0 cm³/mol. The van der Waals surface area contributed by atoms with Gasteiger partial charge in [0.1, 0.15) is 0 Å². The number of hydrogen-bond acceptors (Lipinski definition) is 3. The summed E-state index contributed by atoms with van der Waals surface area (Å²) in [7, 11) is 2.25. The normalized spacial score (nSPS) is 21.7. The lowest BCUT2D eigenvalue weighted by Gasteiger charge is -2.31. The zero-order valence-electron chi connectivity index (χ0n) is 11.6. The molecule has 1 fully saturated rings. The van der Waals surface area contributed by atoms with Crippen LogP contribution in [0.15, 0.2) is 0 Å². The Hall–Kier alpha value is -0.120. The molecule has 1 unspecified atom stereocenters. The van der Waals surface area contributed by atoms with Crippen LogP contribution in [0.25, 0.3) is 0 Å². The molecular formula is C14H30N2O. The smallest absolute Gasteiger partial charge is 0.0741 e. The van der Waals surface area contributed by atoms with E-state index >= 15 is 0 Å². The molecule has 1 aliphatic rings. The van der Waals surface area contributed by atoms with Crippen molar-refractivity contribution >= 4 is 0 Å². The Labute approximate surface area is 106 Å². The van der Waals surface area contributed by atoms with E-state index in [1.54, 1.807) is 0 Å². The molecule has 0 amide bonds. The monoisotopic (exact) mass is 242 g/mol. The highest BCUT2D eigenvalue weighted by molar-refractivity contribution is 4.75. The number of unbranched alkanes of at least 4 members (excludes halogenated alkanes) is 1. The minimum Gasteiger partial charge on any atom is -0.389 e. The molecule has 3 N–H and O–H groups in total. The van der Waals surface area contributed by atoms with Gasteiger partial charge in [-0.3, -0.25) is 0 Å². The summed E-state index contributed by atoms with van der Waals surface area (Å²) in [5.74, 6) is 0. The summed E-state index contributed by atoms with van der Waals surface area (Å²) in [5.41, 5.74) is 4.84. The van der Waals surface area contributed by atoms with Crippen molar-refractivity contribution in [2.45, 2.75) is 69.9 Å². The zero-order chi connectivity index (χ0) is 12.7. The van der Waals surface area contributed by atoms with Crippen LogP contribution >= 0.6 is 0 Å². The van der Waals surface area contributed by atoms with Crippen molar-refractivity contribution in [1.29, 1.82) is 0 Å². The standard InChI is InChI=1S/C14H30N2O/c1-14(17,12-15)10-6-7-11-16(2)13-8-4-3-5-9-13/h13,17H,3-12,15H2,1-2H3. The fourth-order valence-electron chi connectivity index (χ4n) is 2.67. The zero-order valence-corrected chi connectivity index (χ0v) is 11.6. The number of aliphatic hydroxyl groups is 1. The summed E-state index contributed by atoms with van der Waals surface area (Å²) < 4.78 is 0. The van der Waals surface area contributed by atoms with Crippen LogP contribution in [0.2, 0.25) is 0 Å². The average molecular weight is 242 g/mol. The number of hydrogen-bond donors (Lipinski definition) is 2. The van der Waals surface area contributed by atoms with Gasteiger partial charge in [0.05, 0.1) is 5.60 Å². The lowest BCUT2D eigenvalue weighted by Crippen LogP contribution is -2.35. The third kappa shape index (κ3) is 5.84. The van der Waals surface area contributed by atoms with Crippen LogP contribution in [0.5, 0.6) is 0 Å². The third-order valence-electron chi connectivity index (χ3n) is 4.11. The van der Waals surface area contributed by atoms with Crippen molar-refractivity contribution < 1.29 is 5.11 Å². The summed E-state index contributed by atoms with van der Waals surface area (Å²) in [4.78, 5) is 2.51. The Morgan fingerprint density at radius 1 is 1.24 bits per heavy atom. The molecule has 102 valence electrons. The summed E-state index contributed by atoms with van der Waals surface area (Å²) >= 11 is 0. The second-order valence-electron chi connectivity index (χ2n) is 5.93. The molecule has 0 bridgehead atoms. The highest BCUT2D eigenvalue weighted by Gasteiger charge is 2.19. The molecule has 3 nitrogen and oxygen atoms in total. The van der Waals surface area contributed by atoms with Crippen molar-refractivity contribution in [3.05, 3.63) is 0 Å². The molecule has 0 saturated heterocycles. The van der Waals surface area contributed by atoms with E-state index in [9.17, 15) is 5.11 Å². The SMILES string of the molecule is CN(CCCCC(C)(O)CN)C1CCCCC1. The molecule has 0 spiro atoms. The minimum absolute atomic E-state index is 0.367. The average Bonchev–Trinajstić information content (AvgIpc) is 2.35. The van der Waals surface area contributed by atoms with E-state index in [4.69, 9.17) is 5.73 Å². The van der Waals surface area contributed by atoms with Gasteiger partial charge in [-0.1, -0.05) is 19.3 Å². The Kier molecular flexibility index (Phi) is 6.45. The van der Waals surface area contributed by atoms with Gasteiger partial charge < -0.3 is 15.7 Å². The van der Waals surface area contributed by atoms with Gasteiger partial charge in [-0.05, 0) is 52.6 Å². The van der Waals surface area contributed by atoms with Gasteiger partial charge in [-0.25, -0.2) is 0 Å². The topological polar surface area (TPSA) is 49.5 Å². The molecule has 0 aliphatic heterocycles. The van der Waals surface area contributed by atoms with E-state index in [2.05, 4.69) is 11.9 Å².